The molecule has 2 heteroatoms. The van der Waals surface area contributed by atoms with E-state index in [-0.39, 0.29) is 0 Å². The van der Waals surface area contributed by atoms with Crippen LogP contribution in [0.15, 0.2) is 24.3 Å². The van der Waals surface area contributed by atoms with Gasteiger partial charge in [-0.2, -0.15) is 0 Å². The second-order valence-electron chi connectivity index (χ2n) is 6.13. The van der Waals surface area contributed by atoms with Crippen molar-refractivity contribution in [2.75, 3.05) is 31.6 Å². The third kappa shape index (κ3) is 2.94. The van der Waals surface area contributed by atoms with Crippen LogP contribution in [0.1, 0.15) is 50.1 Å². The van der Waals surface area contributed by atoms with Gasteiger partial charge in [-0.3, -0.25) is 4.90 Å². The summed E-state index contributed by atoms with van der Waals surface area (Å²) in [6.07, 6.45) is 8.17. The van der Waals surface area contributed by atoms with E-state index in [2.05, 4.69) is 41.1 Å². The molecule has 1 unspecified atom stereocenters. The van der Waals surface area contributed by atoms with Crippen LogP contribution >= 0.6 is 0 Å². The molecule has 1 atom stereocenters. The molecule has 2 saturated heterocycles. The lowest BCUT2D eigenvalue weighted by molar-refractivity contribution is 0.187. The fourth-order valence-electron chi connectivity index (χ4n) is 3.56. The Morgan fingerprint density at radius 1 is 0.842 bits per heavy atom. The zero-order valence-corrected chi connectivity index (χ0v) is 12.1. The molecule has 0 aromatic heterocycles. The first-order valence-corrected chi connectivity index (χ1v) is 7.90. The Hall–Kier alpha value is -1.02. The molecule has 0 saturated carbocycles. The van der Waals surface area contributed by atoms with Crippen molar-refractivity contribution in [3.63, 3.8) is 0 Å². The van der Waals surface area contributed by atoms with Crippen LogP contribution in [0.4, 0.5) is 5.69 Å². The molecule has 0 spiro atoms. The monoisotopic (exact) mass is 258 g/mol. The van der Waals surface area contributed by atoms with E-state index in [1.165, 1.54) is 69.4 Å². The maximum atomic E-state index is 2.54. The molecule has 1 aromatic carbocycles. The van der Waals surface area contributed by atoms with Gasteiger partial charge in [-0.25, -0.2) is 0 Å². The quantitative estimate of drug-likeness (QED) is 0.795. The highest BCUT2D eigenvalue weighted by Crippen LogP contribution is 2.31. The topological polar surface area (TPSA) is 6.48 Å². The minimum Gasteiger partial charge on any atom is -0.372 e. The van der Waals surface area contributed by atoms with Crippen LogP contribution in [0, 0.1) is 0 Å². The van der Waals surface area contributed by atoms with Crippen molar-refractivity contribution in [1.82, 2.24) is 4.90 Å². The highest BCUT2D eigenvalue weighted by Gasteiger charge is 2.20. The molecule has 2 aliphatic rings. The van der Waals surface area contributed by atoms with Crippen molar-refractivity contribution < 1.29 is 0 Å². The van der Waals surface area contributed by atoms with Crippen LogP contribution in [0.25, 0.3) is 0 Å². The maximum Gasteiger partial charge on any atom is 0.0366 e. The van der Waals surface area contributed by atoms with Crippen molar-refractivity contribution in [3.8, 4) is 0 Å². The second-order valence-corrected chi connectivity index (χ2v) is 6.13. The molecule has 2 aliphatic heterocycles. The minimum atomic E-state index is 0.643. The average Bonchev–Trinajstić information content (AvgIpc) is 2.49. The van der Waals surface area contributed by atoms with E-state index in [1.807, 2.05) is 0 Å². The number of benzene rings is 1. The summed E-state index contributed by atoms with van der Waals surface area (Å²) in [5.74, 6) is 0. The van der Waals surface area contributed by atoms with Gasteiger partial charge in [-0.05, 0) is 63.4 Å². The van der Waals surface area contributed by atoms with E-state index in [9.17, 15) is 0 Å². The molecule has 3 rings (SSSR count). The number of likely N-dealkylation sites (tertiary alicyclic amines) is 1. The van der Waals surface area contributed by atoms with Gasteiger partial charge in [0.15, 0.2) is 0 Å². The standard InChI is InChI=1S/C17H26N2/c1-18-12-6-3-7-17(18)15-8-10-16(11-9-15)19-13-4-2-5-14-19/h8-11,17H,2-7,12-14H2,1H3. The molecule has 2 fully saturated rings. The van der Waals surface area contributed by atoms with Gasteiger partial charge in [0, 0.05) is 24.8 Å². The van der Waals surface area contributed by atoms with E-state index in [0.717, 1.165) is 0 Å². The summed E-state index contributed by atoms with van der Waals surface area (Å²) in [5, 5.41) is 0. The highest BCUT2D eigenvalue weighted by atomic mass is 15.1. The molecule has 0 aliphatic carbocycles. The molecule has 0 bridgehead atoms. The largest absolute Gasteiger partial charge is 0.372 e. The summed E-state index contributed by atoms with van der Waals surface area (Å²) >= 11 is 0. The first-order chi connectivity index (χ1) is 9.34. The zero-order chi connectivity index (χ0) is 13.1. The van der Waals surface area contributed by atoms with Gasteiger partial charge < -0.3 is 4.90 Å². The van der Waals surface area contributed by atoms with Crippen LogP contribution < -0.4 is 4.90 Å². The third-order valence-electron chi connectivity index (χ3n) is 4.77. The fraction of sp³-hybridized carbons (Fsp3) is 0.647. The van der Waals surface area contributed by atoms with Crippen molar-refractivity contribution in [1.29, 1.82) is 0 Å². The fourth-order valence-corrected chi connectivity index (χ4v) is 3.56. The Morgan fingerprint density at radius 2 is 1.53 bits per heavy atom. The van der Waals surface area contributed by atoms with Gasteiger partial charge in [0.1, 0.15) is 0 Å². The van der Waals surface area contributed by atoms with E-state index < -0.39 is 0 Å². The number of anilines is 1. The van der Waals surface area contributed by atoms with Gasteiger partial charge in [-0.1, -0.05) is 18.6 Å². The Morgan fingerprint density at radius 3 is 2.21 bits per heavy atom. The summed E-state index contributed by atoms with van der Waals surface area (Å²) in [6, 6.07) is 10.0. The van der Waals surface area contributed by atoms with E-state index in [0.29, 0.717) is 6.04 Å². The Balaban J connectivity index is 1.70. The van der Waals surface area contributed by atoms with Gasteiger partial charge >= 0.3 is 0 Å². The summed E-state index contributed by atoms with van der Waals surface area (Å²) in [4.78, 5) is 5.05. The van der Waals surface area contributed by atoms with Crippen LogP contribution in [0.5, 0.6) is 0 Å². The van der Waals surface area contributed by atoms with E-state index in [4.69, 9.17) is 0 Å². The van der Waals surface area contributed by atoms with Crippen molar-refractivity contribution >= 4 is 5.69 Å². The third-order valence-corrected chi connectivity index (χ3v) is 4.77. The van der Waals surface area contributed by atoms with E-state index in [1.54, 1.807) is 0 Å². The lowest BCUT2D eigenvalue weighted by Gasteiger charge is -2.33. The van der Waals surface area contributed by atoms with Gasteiger partial charge in [0.05, 0.1) is 0 Å². The Labute approximate surface area is 117 Å². The SMILES string of the molecule is CN1CCCCC1c1ccc(N2CCCCC2)cc1. The summed E-state index contributed by atoms with van der Waals surface area (Å²) in [5.41, 5.74) is 2.92. The lowest BCUT2D eigenvalue weighted by Crippen LogP contribution is -2.30. The molecule has 0 N–H and O–H groups in total. The number of nitrogens with zero attached hydrogens (tertiary/aromatic N) is 2. The second kappa shape index (κ2) is 5.96. The first kappa shape index (κ1) is 13.0. The first-order valence-electron chi connectivity index (χ1n) is 7.90. The molecule has 19 heavy (non-hydrogen) atoms. The van der Waals surface area contributed by atoms with Crippen LogP contribution in [0.3, 0.4) is 0 Å². The normalized spacial score (nSPS) is 25.5. The molecule has 0 amide bonds. The Kier molecular flexibility index (Phi) is 4.07. The zero-order valence-electron chi connectivity index (χ0n) is 12.1. The van der Waals surface area contributed by atoms with Gasteiger partial charge in [0.2, 0.25) is 0 Å². The molecular weight excluding hydrogens is 232 g/mol. The molecule has 1 aromatic rings. The average molecular weight is 258 g/mol. The maximum absolute atomic E-state index is 2.54. The van der Waals surface area contributed by atoms with Crippen LogP contribution in [-0.2, 0) is 0 Å². The van der Waals surface area contributed by atoms with Gasteiger partial charge in [0.25, 0.3) is 0 Å². The summed E-state index contributed by atoms with van der Waals surface area (Å²) in [6.45, 7) is 3.73. The highest BCUT2D eigenvalue weighted by molar-refractivity contribution is 5.48. The summed E-state index contributed by atoms with van der Waals surface area (Å²) < 4.78 is 0. The minimum absolute atomic E-state index is 0.643. The number of hydrogen-bond donors (Lipinski definition) is 0. The number of piperidine rings is 2. The molecule has 0 radical (unpaired) electrons. The predicted molar refractivity (Wildman–Crippen MR) is 81.7 cm³/mol. The number of hydrogen-bond acceptors (Lipinski definition) is 2. The van der Waals surface area contributed by atoms with Crippen LogP contribution in [-0.4, -0.2) is 31.6 Å². The van der Waals surface area contributed by atoms with Crippen molar-refractivity contribution in [2.45, 2.75) is 44.6 Å². The summed E-state index contributed by atoms with van der Waals surface area (Å²) in [7, 11) is 2.27. The van der Waals surface area contributed by atoms with Gasteiger partial charge in [-0.15, -0.1) is 0 Å². The van der Waals surface area contributed by atoms with Crippen molar-refractivity contribution in [2.24, 2.45) is 0 Å². The lowest BCUT2D eigenvalue weighted by atomic mass is 9.95. The predicted octanol–water partition coefficient (Wildman–Crippen LogP) is 3.83. The number of rotatable bonds is 2. The molecular formula is C17H26N2. The molecule has 2 nitrogen and oxygen atoms in total. The molecule has 2 heterocycles. The van der Waals surface area contributed by atoms with Crippen molar-refractivity contribution in [3.05, 3.63) is 29.8 Å². The smallest absolute Gasteiger partial charge is 0.0366 e. The Bertz CT molecular complexity index is 392. The van der Waals surface area contributed by atoms with Crippen LogP contribution in [0.2, 0.25) is 0 Å². The van der Waals surface area contributed by atoms with E-state index >= 15 is 0 Å². The molecule has 104 valence electrons.